The number of carbonyl (C=O) groups is 1. The standard InChI is InChI=1S/C19H20F3N3O2/c1-12-15(6-7-16(25-12)19(20,21)22)18(26)24-11-13-8-9-23-17(10-13)27-14-4-2-3-5-14/h6-10,14H,2-5,11H2,1H3,(H,24,26). The lowest BCUT2D eigenvalue weighted by molar-refractivity contribution is -0.141. The third-order valence-corrected chi connectivity index (χ3v) is 4.46. The molecule has 1 amide bonds. The van der Waals surface area contributed by atoms with Crippen molar-refractivity contribution in [2.75, 3.05) is 0 Å². The molecule has 1 N–H and O–H groups in total. The first-order chi connectivity index (χ1) is 12.8. The van der Waals surface area contributed by atoms with Gasteiger partial charge in [-0.1, -0.05) is 0 Å². The van der Waals surface area contributed by atoms with E-state index in [1.165, 1.54) is 6.92 Å². The predicted octanol–water partition coefficient (Wildman–Crippen LogP) is 4.06. The van der Waals surface area contributed by atoms with Gasteiger partial charge in [0.25, 0.3) is 5.91 Å². The van der Waals surface area contributed by atoms with Crippen LogP contribution >= 0.6 is 0 Å². The number of ether oxygens (including phenoxy) is 1. The number of nitrogens with zero attached hydrogens (tertiary/aromatic N) is 2. The molecule has 1 aliphatic carbocycles. The van der Waals surface area contributed by atoms with Crippen LogP contribution < -0.4 is 10.1 Å². The van der Waals surface area contributed by atoms with Crippen molar-refractivity contribution in [1.82, 2.24) is 15.3 Å². The second-order valence-corrected chi connectivity index (χ2v) is 6.54. The van der Waals surface area contributed by atoms with Crippen molar-refractivity contribution < 1.29 is 22.7 Å². The van der Waals surface area contributed by atoms with Crippen LogP contribution in [0.2, 0.25) is 0 Å². The van der Waals surface area contributed by atoms with Crippen LogP contribution in [0.3, 0.4) is 0 Å². The van der Waals surface area contributed by atoms with Crippen LogP contribution in [0.25, 0.3) is 0 Å². The topological polar surface area (TPSA) is 64.1 Å². The van der Waals surface area contributed by atoms with Gasteiger partial charge in [-0.25, -0.2) is 9.97 Å². The van der Waals surface area contributed by atoms with Crippen LogP contribution in [-0.2, 0) is 12.7 Å². The summed E-state index contributed by atoms with van der Waals surface area (Å²) in [6.07, 6.45) is 1.60. The molecule has 0 radical (unpaired) electrons. The molecule has 2 aromatic heterocycles. The molecule has 0 aromatic carbocycles. The van der Waals surface area contributed by atoms with E-state index < -0.39 is 17.8 Å². The second kappa shape index (κ2) is 7.94. The number of hydrogen-bond donors (Lipinski definition) is 1. The molecule has 0 bridgehead atoms. The first-order valence-electron chi connectivity index (χ1n) is 8.77. The van der Waals surface area contributed by atoms with E-state index in [0.29, 0.717) is 5.88 Å². The maximum atomic E-state index is 12.7. The van der Waals surface area contributed by atoms with Crippen LogP contribution in [0, 0.1) is 6.92 Å². The molecular formula is C19H20F3N3O2. The molecule has 5 nitrogen and oxygen atoms in total. The minimum atomic E-state index is -4.54. The lowest BCUT2D eigenvalue weighted by atomic mass is 10.1. The first-order valence-corrected chi connectivity index (χ1v) is 8.77. The molecule has 0 aliphatic heterocycles. The van der Waals surface area contributed by atoms with Crippen LogP contribution in [0.4, 0.5) is 13.2 Å². The van der Waals surface area contributed by atoms with Crippen LogP contribution in [0.5, 0.6) is 5.88 Å². The number of halogens is 3. The zero-order chi connectivity index (χ0) is 19.4. The molecule has 1 aliphatic rings. The van der Waals surface area contributed by atoms with Crippen LogP contribution in [-0.4, -0.2) is 22.0 Å². The lowest BCUT2D eigenvalue weighted by Gasteiger charge is -2.13. The summed E-state index contributed by atoms with van der Waals surface area (Å²) in [6.45, 7) is 1.59. The number of amides is 1. The predicted molar refractivity (Wildman–Crippen MR) is 92.3 cm³/mol. The molecule has 0 unspecified atom stereocenters. The molecule has 1 saturated carbocycles. The Morgan fingerprint density at radius 1 is 1.26 bits per heavy atom. The van der Waals surface area contributed by atoms with Gasteiger partial charge in [0.2, 0.25) is 5.88 Å². The monoisotopic (exact) mass is 379 g/mol. The van der Waals surface area contributed by atoms with Crippen LogP contribution in [0.15, 0.2) is 30.5 Å². The van der Waals surface area contributed by atoms with Gasteiger partial charge in [0, 0.05) is 18.8 Å². The first kappa shape index (κ1) is 19.1. The Labute approximate surface area is 155 Å². The van der Waals surface area contributed by atoms with Crippen molar-refractivity contribution in [3.05, 3.63) is 53.0 Å². The normalized spacial score (nSPS) is 15.0. The smallest absolute Gasteiger partial charge is 0.433 e. The van der Waals surface area contributed by atoms with E-state index in [1.807, 2.05) is 0 Å². The van der Waals surface area contributed by atoms with Gasteiger partial charge in [0.1, 0.15) is 11.8 Å². The molecule has 1 fully saturated rings. The summed E-state index contributed by atoms with van der Waals surface area (Å²) in [6, 6.07) is 5.46. The van der Waals surface area contributed by atoms with Gasteiger partial charge in [-0.05, 0) is 56.4 Å². The van der Waals surface area contributed by atoms with Gasteiger partial charge in [0.15, 0.2) is 0 Å². The van der Waals surface area contributed by atoms with Gasteiger partial charge in [-0.3, -0.25) is 4.79 Å². The average Bonchev–Trinajstić information content (AvgIpc) is 3.12. The van der Waals surface area contributed by atoms with Crippen molar-refractivity contribution in [3.63, 3.8) is 0 Å². The number of aryl methyl sites for hydroxylation is 1. The van der Waals surface area contributed by atoms with E-state index in [4.69, 9.17) is 4.74 Å². The van der Waals surface area contributed by atoms with Gasteiger partial charge < -0.3 is 10.1 Å². The molecular weight excluding hydrogens is 359 g/mol. The molecule has 0 saturated heterocycles. The van der Waals surface area contributed by atoms with Crippen molar-refractivity contribution >= 4 is 5.91 Å². The molecule has 8 heteroatoms. The van der Waals surface area contributed by atoms with Crippen LogP contribution in [0.1, 0.15) is 53.0 Å². The number of rotatable bonds is 5. The molecule has 2 aromatic rings. The SMILES string of the molecule is Cc1nc(C(F)(F)F)ccc1C(=O)NCc1ccnc(OC2CCCC2)c1. The molecule has 0 spiro atoms. The Morgan fingerprint density at radius 2 is 2.00 bits per heavy atom. The maximum Gasteiger partial charge on any atom is 0.433 e. The summed E-state index contributed by atoms with van der Waals surface area (Å²) < 4.78 is 43.8. The van der Waals surface area contributed by atoms with Crippen molar-refractivity contribution in [2.45, 2.75) is 51.4 Å². The van der Waals surface area contributed by atoms with Crippen molar-refractivity contribution in [1.29, 1.82) is 0 Å². The Morgan fingerprint density at radius 3 is 2.67 bits per heavy atom. The fourth-order valence-corrected chi connectivity index (χ4v) is 3.04. The molecule has 3 rings (SSSR count). The lowest BCUT2D eigenvalue weighted by Crippen LogP contribution is -2.24. The Hall–Kier alpha value is -2.64. The minimum Gasteiger partial charge on any atom is -0.474 e. The van der Waals surface area contributed by atoms with Gasteiger partial charge in [0.05, 0.1) is 11.3 Å². The minimum absolute atomic E-state index is 0.0299. The fraction of sp³-hybridized carbons (Fsp3) is 0.421. The summed E-state index contributed by atoms with van der Waals surface area (Å²) in [5.41, 5.74) is -0.0787. The maximum absolute atomic E-state index is 12.7. The molecule has 27 heavy (non-hydrogen) atoms. The number of alkyl halides is 3. The highest BCUT2D eigenvalue weighted by atomic mass is 19.4. The van der Waals surface area contributed by atoms with Crippen molar-refractivity contribution in [3.8, 4) is 5.88 Å². The summed E-state index contributed by atoms with van der Waals surface area (Å²) in [5.74, 6) is 0.0322. The molecule has 0 atom stereocenters. The molecule has 2 heterocycles. The van der Waals surface area contributed by atoms with E-state index in [-0.39, 0.29) is 23.9 Å². The highest BCUT2D eigenvalue weighted by Crippen LogP contribution is 2.28. The quantitative estimate of drug-likeness (QED) is 0.851. The highest BCUT2D eigenvalue weighted by Gasteiger charge is 2.33. The number of carbonyl (C=O) groups excluding carboxylic acids is 1. The Kier molecular flexibility index (Phi) is 5.62. The highest BCUT2D eigenvalue weighted by molar-refractivity contribution is 5.95. The van der Waals surface area contributed by atoms with E-state index in [9.17, 15) is 18.0 Å². The zero-order valence-electron chi connectivity index (χ0n) is 14.8. The summed E-state index contributed by atoms with van der Waals surface area (Å²) in [7, 11) is 0. The van der Waals surface area contributed by atoms with E-state index in [2.05, 4.69) is 15.3 Å². The average molecular weight is 379 g/mol. The number of pyridine rings is 2. The summed E-state index contributed by atoms with van der Waals surface area (Å²) in [5, 5.41) is 2.69. The summed E-state index contributed by atoms with van der Waals surface area (Å²) >= 11 is 0. The number of aromatic nitrogens is 2. The fourth-order valence-electron chi connectivity index (χ4n) is 3.04. The van der Waals surface area contributed by atoms with E-state index in [1.54, 1.807) is 18.3 Å². The zero-order valence-corrected chi connectivity index (χ0v) is 14.8. The number of nitrogens with one attached hydrogen (secondary N) is 1. The van der Waals surface area contributed by atoms with Gasteiger partial charge >= 0.3 is 6.18 Å². The second-order valence-electron chi connectivity index (χ2n) is 6.54. The largest absolute Gasteiger partial charge is 0.474 e. The van der Waals surface area contributed by atoms with E-state index in [0.717, 1.165) is 43.4 Å². The van der Waals surface area contributed by atoms with Gasteiger partial charge in [-0.15, -0.1) is 0 Å². The third kappa shape index (κ3) is 4.96. The molecule has 144 valence electrons. The van der Waals surface area contributed by atoms with Gasteiger partial charge in [-0.2, -0.15) is 13.2 Å². The summed E-state index contributed by atoms with van der Waals surface area (Å²) in [4.78, 5) is 19.9. The third-order valence-electron chi connectivity index (χ3n) is 4.46. The van der Waals surface area contributed by atoms with E-state index >= 15 is 0 Å². The Balaban J connectivity index is 1.62. The Bertz CT molecular complexity index is 818. The van der Waals surface area contributed by atoms with Crippen molar-refractivity contribution in [2.24, 2.45) is 0 Å². The number of hydrogen-bond acceptors (Lipinski definition) is 4.